The molecule has 0 radical (unpaired) electrons. The van der Waals surface area contributed by atoms with Crippen molar-refractivity contribution in [1.29, 1.82) is 0 Å². The summed E-state index contributed by atoms with van der Waals surface area (Å²) in [7, 11) is 0. The van der Waals surface area contributed by atoms with Crippen molar-refractivity contribution < 1.29 is 14.3 Å². The largest absolute Gasteiger partial charge is 0.451 e. The number of ether oxygens (including phenoxy) is 1. The Morgan fingerprint density at radius 1 is 1.33 bits per heavy atom. The summed E-state index contributed by atoms with van der Waals surface area (Å²) in [6, 6.07) is 7.47. The molecule has 0 bridgehead atoms. The van der Waals surface area contributed by atoms with Gasteiger partial charge >= 0.3 is 5.97 Å². The number of hydrogen-bond donors (Lipinski definition) is 1. The van der Waals surface area contributed by atoms with Crippen molar-refractivity contribution in [1.82, 2.24) is 5.32 Å². The van der Waals surface area contributed by atoms with Crippen LogP contribution in [-0.4, -0.2) is 25.0 Å². The van der Waals surface area contributed by atoms with Gasteiger partial charge in [0.1, 0.15) is 4.88 Å². The molecule has 0 aliphatic rings. The average molecular weight is 326 g/mol. The molecule has 0 unspecified atom stereocenters. The van der Waals surface area contributed by atoms with Gasteiger partial charge in [-0.1, -0.05) is 43.6 Å². The van der Waals surface area contributed by atoms with Crippen molar-refractivity contribution in [3.8, 4) is 0 Å². The second-order valence-corrected chi connectivity index (χ2v) is 6.45. The molecule has 0 fully saturated rings. The first-order chi connectivity index (χ1) is 9.99. The highest BCUT2D eigenvalue weighted by Gasteiger charge is 2.19. The molecule has 1 aromatic heterocycles. The molecule has 1 aromatic carbocycles. The van der Waals surface area contributed by atoms with Crippen LogP contribution in [-0.2, 0) is 9.53 Å². The highest BCUT2D eigenvalue weighted by Crippen LogP contribution is 2.35. The monoisotopic (exact) mass is 325 g/mol. The third-order valence-electron chi connectivity index (χ3n) is 2.76. The lowest BCUT2D eigenvalue weighted by atomic mass is 10.2. The number of nitrogens with one attached hydrogen (secondary N) is 1. The lowest BCUT2D eigenvalue weighted by Gasteiger charge is -2.07. The molecule has 1 N–H and O–H groups in total. The Kier molecular flexibility index (Phi) is 5.20. The van der Waals surface area contributed by atoms with Gasteiger partial charge in [-0.2, -0.15) is 0 Å². The third-order valence-corrected chi connectivity index (χ3v) is 4.42. The Bertz CT molecular complexity index is 666. The minimum atomic E-state index is -0.569. The predicted molar refractivity (Wildman–Crippen MR) is 85.0 cm³/mol. The summed E-state index contributed by atoms with van der Waals surface area (Å²) in [6.07, 6.45) is 0. The molecule has 1 amide bonds. The Labute approximate surface area is 132 Å². The van der Waals surface area contributed by atoms with Crippen LogP contribution in [0.5, 0.6) is 0 Å². The zero-order valence-electron chi connectivity index (χ0n) is 11.8. The summed E-state index contributed by atoms with van der Waals surface area (Å²) in [4.78, 5) is 23.9. The van der Waals surface area contributed by atoms with Gasteiger partial charge in [-0.15, -0.1) is 11.3 Å². The lowest BCUT2D eigenvalue weighted by molar-refractivity contribution is -0.124. The van der Waals surface area contributed by atoms with Crippen LogP contribution in [0.15, 0.2) is 24.3 Å². The van der Waals surface area contributed by atoms with Gasteiger partial charge in [0.15, 0.2) is 6.61 Å². The van der Waals surface area contributed by atoms with E-state index in [0.717, 1.165) is 10.1 Å². The Balaban J connectivity index is 1.99. The number of carbonyl (C=O) groups is 2. The van der Waals surface area contributed by atoms with E-state index in [1.165, 1.54) is 11.3 Å². The van der Waals surface area contributed by atoms with Crippen LogP contribution in [0.4, 0.5) is 0 Å². The van der Waals surface area contributed by atoms with Crippen LogP contribution >= 0.6 is 22.9 Å². The second kappa shape index (κ2) is 6.91. The molecule has 0 atom stereocenters. The summed E-state index contributed by atoms with van der Waals surface area (Å²) >= 11 is 7.44. The minimum Gasteiger partial charge on any atom is -0.451 e. The highest BCUT2D eigenvalue weighted by atomic mass is 35.5. The molecule has 0 saturated carbocycles. The van der Waals surface area contributed by atoms with E-state index in [9.17, 15) is 9.59 Å². The fraction of sp³-hybridized carbons (Fsp3) is 0.333. The Morgan fingerprint density at radius 3 is 2.71 bits per heavy atom. The van der Waals surface area contributed by atoms with E-state index in [0.29, 0.717) is 22.4 Å². The van der Waals surface area contributed by atoms with Crippen LogP contribution in [0.2, 0.25) is 5.02 Å². The van der Waals surface area contributed by atoms with Gasteiger partial charge in [0, 0.05) is 16.6 Å². The fourth-order valence-electron chi connectivity index (χ4n) is 1.71. The van der Waals surface area contributed by atoms with Gasteiger partial charge in [-0.3, -0.25) is 4.79 Å². The van der Waals surface area contributed by atoms with Gasteiger partial charge < -0.3 is 10.1 Å². The molecular weight excluding hydrogens is 310 g/mol. The van der Waals surface area contributed by atoms with E-state index in [1.54, 1.807) is 0 Å². The number of hydrogen-bond acceptors (Lipinski definition) is 4. The van der Waals surface area contributed by atoms with E-state index in [2.05, 4.69) is 5.32 Å². The van der Waals surface area contributed by atoms with Crippen LogP contribution in [0.1, 0.15) is 23.5 Å². The zero-order valence-corrected chi connectivity index (χ0v) is 13.4. The van der Waals surface area contributed by atoms with Crippen molar-refractivity contribution in [3.63, 3.8) is 0 Å². The third kappa shape index (κ3) is 3.95. The molecule has 6 heteroatoms. The van der Waals surface area contributed by atoms with Crippen LogP contribution in [0.3, 0.4) is 0 Å². The van der Waals surface area contributed by atoms with Crippen molar-refractivity contribution >= 4 is 44.9 Å². The summed E-state index contributed by atoms with van der Waals surface area (Å²) in [5.41, 5.74) is 0. The van der Waals surface area contributed by atoms with Gasteiger partial charge in [0.2, 0.25) is 0 Å². The molecule has 4 nitrogen and oxygen atoms in total. The standard InChI is InChI=1S/C15H16ClNO3S/c1-9(2)7-17-12(18)8-20-15(19)14-13(16)10-5-3-4-6-11(10)21-14/h3-6,9H,7-8H2,1-2H3,(H,17,18). The number of benzene rings is 1. The van der Waals surface area contributed by atoms with E-state index < -0.39 is 5.97 Å². The molecule has 1 heterocycles. The molecule has 2 rings (SSSR count). The molecule has 21 heavy (non-hydrogen) atoms. The predicted octanol–water partition coefficient (Wildman–Crippen LogP) is 3.48. The minimum absolute atomic E-state index is 0.296. The van der Waals surface area contributed by atoms with Crippen molar-refractivity contribution in [2.45, 2.75) is 13.8 Å². The molecule has 2 aromatic rings. The Hall–Kier alpha value is -1.59. The summed E-state index contributed by atoms with van der Waals surface area (Å²) < 4.78 is 5.92. The maximum atomic E-state index is 12.0. The van der Waals surface area contributed by atoms with Crippen LogP contribution in [0.25, 0.3) is 10.1 Å². The number of esters is 1. The number of carbonyl (C=O) groups excluding carboxylic acids is 2. The van der Waals surface area contributed by atoms with E-state index >= 15 is 0 Å². The maximum Gasteiger partial charge on any atom is 0.350 e. The highest BCUT2D eigenvalue weighted by molar-refractivity contribution is 7.21. The molecule has 0 spiro atoms. The first-order valence-corrected chi connectivity index (χ1v) is 7.79. The number of halogens is 1. The zero-order chi connectivity index (χ0) is 15.4. The summed E-state index contributed by atoms with van der Waals surface area (Å²) in [5, 5.41) is 3.88. The SMILES string of the molecule is CC(C)CNC(=O)COC(=O)c1sc2ccccc2c1Cl. The van der Waals surface area contributed by atoms with Gasteiger partial charge in [-0.25, -0.2) is 4.79 Å². The first-order valence-electron chi connectivity index (χ1n) is 6.60. The number of rotatable bonds is 5. The molecular formula is C15H16ClNO3S. The number of fused-ring (bicyclic) bond motifs is 1. The van der Waals surface area contributed by atoms with Crippen LogP contribution in [0, 0.1) is 5.92 Å². The number of amides is 1. The Morgan fingerprint density at radius 2 is 2.05 bits per heavy atom. The van der Waals surface area contributed by atoms with Crippen molar-refractivity contribution in [3.05, 3.63) is 34.2 Å². The quantitative estimate of drug-likeness (QED) is 0.856. The van der Waals surface area contributed by atoms with Crippen molar-refractivity contribution in [2.24, 2.45) is 5.92 Å². The van der Waals surface area contributed by atoms with Gasteiger partial charge in [-0.05, 0) is 12.0 Å². The topological polar surface area (TPSA) is 55.4 Å². The summed E-state index contributed by atoms with van der Waals surface area (Å²) in [6.45, 7) is 4.24. The smallest absolute Gasteiger partial charge is 0.350 e. The van der Waals surface area contributed by atoms with Crippen molar-refractivity contribution in [2.75, 3.05) is 13.2 Å². The first kappa shape index (κ1) is 15.8. The summed E-state index contributed by atoms with van der Waals surface area (Å²) in [5.74, 6) is -0.531. The van der Waals surface area contributed by atoms with Crippen LogP contribution < -0.4 is 5.32 Å². The molecule has 112 valence electrons. The van der Waals surface area contributed by atoms with E-state index in [4.69, 9.17) is 16.3 Å². The lowest BCUT2D eigenvalue weighted by Crippen LogP contribution is -2.31. The second-order valence-electron chi connectivity index (χ2n) is 5.02. The molecule has 0 aliphatic carbocycles. The average Bonchev–Trinajstić information content (AvgIpc) is 2.80. The molecule has 0 aliphatic heterocycles. The van der Waals surface area contributed by atoms with Gasteiger partial charge in [0.05, 0.1) is 5.02 Å². The van der Waals surface area contributed by atoms with Gasteiger partial charge in [0.25, 0.3) is 5.91 Å². The fourth-order valence-corrected chi connectivity index (χ4v) is 3.11. The maximum absolute atomic E-state index is 12.0. The van der Waals surface area contributed by atoms with E-state index in [1.807, 2.05) is 38.1 Å². The van der Waals surface area contributed by atoms with E-state index in [-0.39, 0.29) is 12.5 Å². The number of thiophene rings is 1. The normalized spacial score (nSPS) is 10.9. The molecule has 0 saturated heterocycles.